The Kier molecular flexibility index (Phi) is 5.35. The number of rotatable bonds is 5. The van der Waals surface area contributed by atoms with Gasteiger partial charge in [-0.2, -0.15) is 0 Å². The minimum atomic E-state index is -0.380. The third-order valence-corrected chi connectivity index (χ3v) is 4.17. The number of carbonyl (C=O) groups excluding carboxylic acids is 1. The van der Waals surface area contributed by atoms with Gasteiger partial charge in [0, 0.05) is 17.4 Å². The van der Waals surface area contributed by atoms with Gasteiger partial charge in [-0.25, -0.2) is 14.8 Å². The molecule has 0 fully saturated rings. The summed E-state index contributed by atoms with van der Waals surface area (Å²) in [5.74, 6) is 1.58. The summed E-state index contributed by atoms with van der Waals surface area (Å²) >= 11 is 0. The van der Waals surface area contributed by atoms with E-state index in [9.17, 15) is 4.79 Å². The van der Waals surface area contributed by atoms with Gasteiger partial charge < -0.3 is 15.4 Å². The van der Waals surface area contributed by atoms with Crippen molar-refractivity contribution in [3.8, 4) is 0 Å². The standard InChI is InChI=1S/C21H22N4O2/c1-13-8-9-18(10-14(13)2)25-20-12-19(22-15(3)23-20)24-17-7-5-6-16(11-17)21(26)27-4/h5-12H,1-4H3,(H2,22,23,24,25). The Hall–Kier alpha value is -3.41. The van der Waals surface area contributed by atoms with Crippen molar-refractivity contribution in [1.29, 1.82) is 0 Å². The van der Waals surface area contributed by atoms with Gasteiger partial charge in [-0.1, -0.05) is 12.1 Å². The SMILES string of the molecule is COC(=O)c1cccc(Nc2cc(Nc3ccc(C)c(C)c3)nc(C)n2)c1. The zero-order chi connectivity index (χ0) is 19.4. The summed E-state index contributed by atoms with van der Waals surface area (Å²) in [6.45, 7) is 5.99. The molecule has 0 saturated heterocycles. The normalized spacial score (nSPS) is 10.4. The molecule has 0 amide bonds. The number of ether oxygens (including phenoxy) is 1. The molecule has 0 atom stereocenters. The Morgan fingerprint density at radius 1 is 0.852 bits per heavy atom. The third kappa shape index (κ3) is 4.61. The second-order valence-corrected chi connectivity index (χ2v) is 6.31. The number of hydrogen-bond acceptors (Lipinski definition) is 6. The van der Waals surface area contributed by atoms with E-state index >= 15 is 0 Å². The Balaban J connectivity index is 1.83. The summed E-state index contributed by atoms with van der Waals surface area (Å²) in [4.78, 5) is 20.6. The van der Waals surface area contributed by atoms with Gasteiger partial charge in [0.1, 0.15) is 17.5 Å². The van der Waals surface area contributed by atoms with Crippen molar-refractivity contribution in [1.82, 2.24) is 9.97 Å². The molecular formula is C21H22N4O2. The Labute approximate surface area is 158 Å². The maximum absolute atomic E-state index is 11.7. The number of esters is 1. The van der Waals surface area contributed by atoms with Crippen LogP contribution in [0.15, 0.2) is 48.5 Å². The Bertz CT molecular complexity index is 986. The number of hydrogen-bond donors (Lipinski definition) is 2. The molecule has 3 aromatic rings. The molecule has 0 radical (unpaired) electrons. The predicted molar refractivity (Wildman–Crippen MR) is 107 cm³/mol. The number of anilines is 4. The first-order valence-electron chi connectivity index (χ1n) is 8.60. The maximum atomic E-state index is 11.7. The first kappa shape index (κ1) is 18.4. The van der Waals surface area contributed by atoms with E-state index in [2.05, 4.69) is 46.6 Å². The molecule has 3 rings (SSSR count). The van der Waals surface area contributed by atoms with Gasteiger partial charge in [0.05, 0.1) is 12.7 Å². The van der Waals surface area contributed by atoms with Crippen LogP contribution >= 0.6 is 0 Å². The molecule has 6 nitrogen and oxygen atoms in total. The van der Waals surface area contributed by atoms with Crippen LogP contribution in [-0.2, 0) is 4.74 Å². The first-order valence-corrected chi connectivity index (χ1v) is 8.60. The molecule has 138 valence electrons. The fourth-order valence-corrected chi connectivity index (χ4v) is 2.65. The molecule has 2 aromatic carbocycles. The van der Waals surface area contributed by atoms with Crippen molar-refractivity contribution in [2.75, 3.05) is 17.7 Å². The smallest absolute Gasteiger partial charge is 0.337 e. The van der Waals surface area contributed by atoms with E-state index < -0.39 is 0 Å². The quantitative estimate of drug-likeness (QED) is 0.642. The molecule has 0 bridgehead atoms. The van der Waals surface area contributed by atoms with Crippen molar-refractivity contribution >= 4 is 29.0 Å². The lowest BCUT2D eigenvalue weighted by Crippen LogP contribution is -2.04. The summed E-state index contributed by atoms with van der Waals surface area (Å²) in [6, 6.07) is 15.1. The lowest BCUT2D eigenvalue weighted by atomic mass is 10.1. The monoisotopic (exact) mass is 362 g/mol. The van der Waals surface area contributed by atoms with Crippen molar-refractivity contribution in [2.24, 2.45) is 0 Å². The minimum absolute atomic E-state index is 0.380. The van der Waals surface area contributed by atoms with E-state index in [4.69, 9.17) is 4.74 Å². The topological polar surface area (TPSA) is 76.1 Å². The van der Waals surface area contributed by atoms with Gasteiger partial charge in [-0.15, -0.1) is 0 Å². The highest BCUT2D eigenvalue weighted by atomic mass is 16.5. The van der Waals surface area contributed by atoms with E-state index in [0.29, 0.717) is 23.0 Å². The van der Waals surface area contributed by atoms with Crippen molar-refractivity contribution in [2.45, 2.75) is 20.8 Å². The summed E-state index contributed by atoms with van der Waals surface area (Å²) in [6.07, 6.45) is 0. The summed E-state index contributed by atoms with van der Waals surface area (Å²) in [5.41, 5.74) is 4.64. The largest absolute Gasteiger partial charge is 0.465 e. The summed E-state index contributed by atoms with van der Waals surface area (Å²) in [7, 11) is 1.36. The number of carbonyl (C=O) groups is 1. The molecule has 0 aliphatic carbocycles. The van der Waals surface area contributed by atoms with Gasteiger partial charge in [0.15, 0.2) is 0 Å². The second-order valence-electron chi connectivity index (χ2n) is 6.31. The molecule has 1 heterocycles. The minimum Gasteiger partial charge on any atom is -0.465 e. The Morgan fingerprint density at radius 2 is 1.52 bits per heavy atom. The van der Waals surface area contributed by atoms with Crippen LogP contribution in [0.5, 0.6) is 0 Å². The fraction of sp³-hybridized carbons (Fsp3) is 0.190. The number of aryl methyl sites for hydroxylation is 3. The van der Waals surface area contributed by atoms with Crippen LogP contribution in [0.1, 0.15) is 27.3 Å². The van der Waals surface area contributed by atoms with Crippen LogP contribution in [0.2, 0.25) is 0 Å². The predicted octanol–water partition coefficient (Wildman–Crippen LogP) is 4.68. The highest BCUT2D eigenvalue weighted by Gasteiger charge is 2.08. The molecule has 0 unspecified atom stereocenters. The lowest BCUT2D eigenvalue weighted by Gasteiger charge is -2.12. The van der Waals surface area contributed by atoms with Gasteiger partial charge >= 0.3 is 5.97 Å². The Morgan fingerprint density at radius 3 is 2.15 bits per heavy atom. The van der Waals surface area contributed by atoms with Crippen LogP contribution < -0.4 is 10.6 Å². The maximum Gasteiger partial charge on any atom is 0.337 e. The fourth-order valence-electron chi connectivity index (χ4n) is 2.65. The van der Waals surface area contributed by atoms with E-state index in [0.717, 1.165) is 11.4 Å². The number of benzene rings is 2. The van der Waals surface area contributed by atoms with Gasteiger partial charge in [0.2, 0.25) is 0 Å². The molecular weight excluding hydrogens is 340 g/mol. The van der Waals surface area contributed by atoms with Crippen LogP contribution in [0.4, 0.5) is 23.0 Å². The highest BCUT2D eigenvalue weighted by Crippen LogP contribution is 2.22. The van der Waals surface area contributed by atoms with Crippen molar-refractivity contribution in [3.63, 3.8) is 0 Å². The molecule has 0 saturated carbocycles. The number of nitrogens with one attached hydrogen (secondary N) is 2. The van der Waals surface area contributed by atoms with Gasteiger partial charge in [0.25, 0.3) is 0 Å². The van der Waals surface area contributed by atoms with Gasteiger partial charge in [-0.3, -0.25) is 0 Å². The lowest BCUT2D eigenvalue weighted by molar-refractivity contribution is 0.0601. The van der Waals surface area contributed by atoms with Crippen LogP contribution in [0.25, 0.3) is 0 Å². The van der Waals surface area contributed by atoms with Crippen LogP contribution in [-0.4, -0.2) is 23.0 Å². The van der Waals surface area contributed by atoms with E-state index in [1.807, 2.05) is 25.1 Å². The van der Waals surface area contributed by atoms with E-state index in [1.54, 1.807) is 18.2 Å². The first-order chi connectivity index (χ1) is 12.9. The number of aromatic nitrogens is 2. The van der Waals surface area contributed by atoms with Crippen molar-refractivity contribution in [3.05, 3.63) is 71.0 Å². The molecule has 0 aliphatic heterocycles. The molecule has 0 spiro atoms. The van der Waals surface area contributed by atoms with E-state index in [-0.39, 0.29) is 5.97 Å². The molecule has 2 N–H and O–H groups in total. The number of methoxy groups -OCH3 is 1. The summed E-state index contributed by atoms with van der Waals surface area (Å²) < 4.78 is 4.76. The number of nitrogens with zero attached hydrogens (tertiary/aromatic N) is 2. The zero-order valence-electron chi connectivity index (χ0n) is 15.8. The average Bonchev–Trinajstić information content (AvgIpc) is 2.64. The van der Waals surface area contributed by atoms with Crippen LogP contribution in [0, 0.1) is 20.8 Å². The molecule has 0 aliphatic rings. The average molecular weight is 362 g/mol. The highest BCUT2D eigenvalue weighted by molar-refractivity contribution is 5.90. The molecule has 1 aromatic heterocycles. The van der Waals surface area contributed by atoms with E-state index in [1.165, 1.54) is 18.2 Å². The zero-order valence-corrected chi connectivity index (χ0v) is 15.8. The third-order valence-electron chi connectivity index (χ3n) is 4.17. The molecule has 27 heavy (non-hydrogen) atoms. The molecule has 6 heteroatoms. The van der Waals surface area contributed by atoms with Crippen LogP contribution in [0.3, 0.4) is 0 Å². The summed E-state index contributed by atoms with van der Waals surface area (Å²) in [5, 5.41) is 6.52. The second kappa shape index (κ2) is 7.86. The van der Waals surface area contributed by atoms with Crippen molar-refractivity contribution < 1.29 is 9.53 Å². The van der Waals surface area contributed by atoms with Gasteiger partial charge in [-0.05, 0) is 62.2 Å².